The van der Waals surface area contributed by atoms with Crippen molar-refractivity contribution in [3.05, 3.63) is 29.3 Å². The molecule has 0 aromatic heterocycles. The number of hydrogen-bond donors (Lipinski definition) is 0. The van der Waals surface area contributed by atoms with E-state index in [9.17, 15) is 18.0 Å². The van der Waals surface area contributed by atoms with Crippen LogP contribution in [0, 0.1) is 5.92 Å². The number of carbonyl (C=O) groups is 1. The molecule has 0 aliphatic carbocycles. The van der Waals surface area contributed by atoms with Gasteiger partial charge in [-0.2, -0.15) is 24.9 Å². The minimum atomic E-state index is -4.48. The Balaban J connectivity index is 1.82. The summed E-state index contributed by atoms with van der Waals surface area (Å²) in [6, 6.07) is 3.47. The Morgan fingerprint density at radius 1 is 1.22 bits per heavy atom. The molecule has 2 aliphatic heterocycles. The van der Waals surface area contributed by atoms with E-state index in [4.69, 9.17) is 4.74 Å². The summed E-state index contributed by atoms with van der Waals surface area (Å²) >= 11 is 1.98. The molecule has 2 saturated heterocycles. The maximum atomic E-state index is 12.9. The lowest BCUT2D eigenvalue weighted by Crippen LogP contribution is -2.32. The SMILES string of the molecule is COc1cc(C(=O)C2CC3CCCC(C2)S3)ccc1C(F)(F)F. The highest BCUT2D eigenvalue weighted by atomic mass is 32.2. The summed E-state index contributed by atoms with van der Waals surface area (Å²) in [4.78, 5) is 12.7. The fraction of sp³-hybridized carbons (Fsp3) is 0.588. The number of hydrogen-bond acceptors (Lipinski definition) is 3. The van der Waals surface area contributed by atoms with Crippen molar-refractivity contribution in [2.24, 2.45) is 5.92 Å². The molecule has 6 heteroatoms. The molecule has 23 heavy (non-hydrogen) atoms. The predicted octanol–water partition coefficient (Wildman–Crippen LogP) is 4.96. The Hall–Kier alpha value is -1.17. The van der Waals surface area contributed by atoms with E-state index in [0.717, 1.165) is 31.7 Å². The Kier molecular flexibility index (Phi) is 4.63. The summed E-state index contributed by atoms with van der Waals surface area (Å²) in [5.41, 5.74) is -0.516. The van der Waals surface area contributed by atoms with E-state index in [1.54, 1.807) is 0 Å². The number of fused-ring (bicyclic) bond motifs is 2. The fourth-order valence-corrected chi connectivity index (χ4v) is 5.42. The molecule has 0 amide bonds. The third-order valence-electron chi connectivity index (χ3n) is 4.69. The molecule has 2 fully saturated rings. The van der Waals surface area contributed by atoms with Gasteiger partial charge in [0.25, 0.3) is 0 Å². The van der Waals surface area contributed by atoms with Gasteiger partial charge >= 0.3 is 6.18 Å². The van der Waals surface area contributed by atoms with Crippen molar-refractivity contribution >= 4 is 17.5 Å². The minimum Gasteiger partial charge on any atom is -0.496 e. The van der Waals surface area contributed by atoms with Crippen molar-refractivity contribution in [3.63, 3.8) is 0 Å². The molecule has 3 rings (SSSR count). The van der Waals surface area contributed by atoms with Gasteiger partial charge in [0.1, 0.15) is 5.75 Å². The van der Waals surface area contributed by atoms with Crippen LogP contribution in [0.5, 0.6) is 5.75 Å². The van der Waals surface area contributed by atoms with Gasteiger partial charge < -0.3 is 4.74 Å². The van der Waals surface area contributed by atoms with Crippen LogP contribution in [-0.4, -0.2) is 23.4 Å². The van der Waals surface area contributed by atoms with Crippen LogP contribution < -0.4 is 4.74 Å². The average Bonchev–Trinajstić information content (AvgIpc) is 2.52. The molecule has 2 aliphatic rings. The molecule has 0 saturated carbocycles. The molecule has 126 valence electrons. The first-order valence-corrected chi connectivity index (χ1v) is 8.77. The van der Waals surface area contributed by atoms with Gasteiger partial charge in [0.15, 0.2) is 5.78 Å². The molecule has 2 unspecified atom stereocenters. The molecule has 1 aromatic rings. The second-order valence-electron chi connectivity index (χ2n) is 6.26. The van der Waals surface area contributed by atoms with Gasteiger partial charge in [-0.05, 0) is 37.8 Å². The summed E-state index contributed by atoms with van der Waals surface area (Å²) < 4.78 is 43.6. The summed E-state index contributed by atoms with van der Waals surface area (Å²) in [5.74, 6) is -0.407. The van der Waals surface area contributed by atoms with Gasteiger partial charge in [-0.1, -0.05) is 12.5 Å². The normalized spacial score (nSPS) is 27.6. The third kappa shape index (κ3) is 3.52. The number of Topliss-reactive ketones (excluding diaryl/α,β-unsaturated/α-hetero) is 1. The number of methoxy groups -OCH3 is 1. The van der Waals surface area contributed by atoms with Crippen molar-refractivity contribution in [1.82, 2.24) is 0 Å². The average molecular weight is 344 g/mol. The Labute approximate surface area is 137 Å². The lowest BCUT2D eigenvalue weighted by Gasteiger charge is -2.38. The van der Waals surface area contributed by atoms with Gasteiger partial charge in [-0.15, -0.1) is 0 Å². The number of thioether (sulfide) groups is 1. The third-order valence-corrected chi connectivity index (χ3v) is 6.32. The highest BCUT2D eigenvalue weighted by Gasteiger charge is 2.37. The number of carbonyl (C=O) groups excluding carboxylic acids is 1. The lowest BCUT2D eigenvalue weighted by atomic mass is 9.84. The molecular formula is C17H19F3O2S. The van der Waals surface area contributed by atoms with E-state index in [0.29, 0.717) is 16.1 Å². The minimum absolute atomic E-state index is 0.0470. The number of halogens is 3. The predicted molar refractivity (Wildman–Crippen MR) is 84.1 cm³/mol. The van der Waals surface area contributed by atoms with Gasteiger partial charge in [-0.25, -0.2) is 0 Å². The molecule has 2 heterocycles. The summed E-state index contributed by atoms with van der Waals surface area (Å²) in [5, 5.41) is 1.04. The molecule has 0 N–H and O–H groups in total. The molecule has 2 bridgehead atoms. The van der Waals surface area contributed by atoms with E-state index in [-0.39, 0.29) is 17.5 Å². The quantitative estimate of drug-likeness (QED) is 0.725. The zero-order chi connectivity index (χ0) is 16.6. The van der Waals surface area contributed by atoms with Crippen molar-refractivity contribution in [1.29, 1.82) is 0 Å². The van der Waals surface area contributed by atoms with Crippen LogP contribution in [0.15, 0.2) is 18.2 Å². The topological polar surface area (TPSA) is 26.3 Å². The van der Waals surface area contributed by atoms with Crippen LogP contribution in [-0.2, 0) is 6.18 Å². The van der Waals surface area contributed by atoms with Crippen LogP contribution in [0.4, 0.5) is 13.2 Å². The van der Waals surface area contributed by atoms with Crippen LogP contribution in [0.3, 0.4) is 0 Å². The van der Waals surface area contributed by atoms with Crippen LogP contribution in [0.1, 0.15) is 48.0 Å². The number of benzene rings is 1. The first-order valence-electron chi connectivity index (χ1n) is 7.83. The van der Waals surface area contributed by atoms with Gasteiger partial charge in [0.2, 0.25) is 0 Å². The Morgan fingerprint density at radius 2 is 1.87 bits per heavy atom. The zero-order valence-corrected chi connectivity index (χ0v) is 13.7. The zero-order valence-electron chi connectivity index (χ0n) is 12.9. The van der Waals surface area contributed by atoms with Gasteiger partial charge in [0, 0.05) is 22.0 Å². The molecule has 2 nitrogen and oxygen atoms in total. The molecule has 2 atom stereocenters. The Morgan fingerprint density at radius 3 is 2.43 bits per heavy atom. The number of rotatable bonds is 3. The van der Waals surface area contributed by atoms with E-state index >= 15 is 0 Å². The van der Waals surface area contributed by atoms with Gasteiger partial charge in [-0.3, -0.25) is 4.79 Å². The molecule has 0 spiro atoms. The first-order chi connectivity index (χ1) is 10.9. The second-order valence-corrected chi connectivity index (χ2v) is 7.86. The Bertz CT molecular complexity index is 588. The van der Waals surface area contributed by atoms with Crippen LogP contribution in [0.25, 0.3) is 0 Å². The van der Waals surface area contributed by atoms with Crippen molar-refractivity contribution in [2.75, 3.05) is 7.11 Å². The fourth-order valence-electron chi connectivity index (χ4n) is 3.59. The molecule has 0 radical (unpaired) electrons. The summed E-state index contributed by atoms with van der Waals surface area (Å²) in [6.07, 6.45) is 0.692. The van der Waals surface area contributed by atoms with Crippen LogP contribution >= 0.6 is 11.8 Å². The van der Waals surface area contributed by atoms with Crippen LogP contribution in [0.2, 0.25) is 0 Å². The molecular weight excluding hydrogens is 325 g/mol. The monoisotopic (exact) mass is 344 g/mol. The van der Waals surface area contributed by atoms with Crippen molar-refractivity contribution in [3.8, 4) is 5.75 Å². The first kappa shape index (κ1) is 16.7. The second kappa shape index (κ2) is 6.38. The highest BCUT2D eigenvalue weighted by molar-refractivity contribution is 8.00. The lowest BCUT2D eigenvalue weighted by molar-refractivity contribution is -0.138. The van der Waals surface area contributed by atoms with E-state index in [1.807, 2.05) is 11.8 Å². The maximum absolute atomic E-state index is 12.9. The maximum Gasteiger partial charge on any atom is 0.419 e. The number of alkyl halides is 3. The summed E-state index contributed by atoms with van der Waals surface area (Å²) in [6.45, 7) is 0. The van der Waals surface area contributed by atoms with Crippen molar-refractivity contribution in [2.45, 2.75) is 48.8 Å². The standard InChI is InChI=1S/C17H19F3O2S/c1-22-15-9-10(5-6-14(15)17(18,19)20)16(21)11-7-12-3-2-4-13(8-11)23-12/h5-6,9,11-13H,2-4,7-8H2,1H3. The smallest absolute Gasteiger partial charge is 0.419 e. The highest BCUT2D eigenvalue weighted by Crippen LogP contribution is 2.45. The number of ketones is 1. The van der Waals surface area contributed by atoms with Crippen molar-refractivity contribution < 1.29 is 22.7 Å². The molecule has 1 aromatic carbocycles. The number of ether oxygens (including phenoxy) is 1. The van der Waals surface area contributed by atoms with E-state index < -0.39 is 11.7 Å². The van der Waals surface area contributed by atoms with Gasteiger partial charge in [0.05, 0.1) is 12.7 Å². The largest absolute Gasteiger partial charge is 0.496 e. The van der Waals surface area contributed by atoms with E-state index in [2.05, 4.69) is 0 Å². The summed E-state index contributed by atoms with van der Waals surface area (Å²) in [7, 11) is 1.19. The van der Waals surface area contributed by atoms with E-state index in [1.165, 1.54) is 25.7 Å².